The monoisotopic (exact) mass is 329 g/mol. The highest BCUT2D eigenvalue weighted by molar-refractivity contribution is 5.94. The van der Waals surface area contributed by atoms with Crippen molar-refractivity contribution in [3.05, 3.63) is 58.3 Å². The van der Waals surface area contributed by atoms with Crippen LogP contribution >= 0.6 is 0 Å². The Bertz CT molecular complexity index is 780. The van der Waals surface area contributed by atoms with Crippen LogP contribution in [0.4, 0.5) is 0 Å². The molecule has 0 aromatic carbocycles. The average molecular weight is 329 g/mol. The first kappa shape index (κ1) is 16.0. The number of aromatic nitrogens is 2. The second-order valence-corrected chi connectivity index (χ2v) is 5.76. The number of carbonyl (C=O) groups excluding carboxylic acids is 2. The highest BCUT2D eigenvalue weighted by atomic mass is 16.5. The van der Waals surface area contributed by atoms with Crippen molar-refractivity contribution in [3.63, 3.8) is 0 Å². The summed E-state index contributed by atoms with van der Waals surface area (Å²) in [5, 5.41) is 0. The van der Waals surface area contributed by atoms with E-state index in [4.69, 9.17) is 4.74 Å². The van der Waals surface area contributed by atoms with E-state index in [2.05, 4.69) is 4.98 Å². The van der Waals surface area contributed by atoms with Crippen LogP contribution in [0.3, 0.4) is 0 Å². The molecule has 0 spiro atoms. The minimum absolute atomic E-state index is 0.0922. The van der Waals surface area contributed by atoms with Gasteiger partial charge in [0, 0.05) is 37.6 Å². The number of nitrogens with zero attached hydrogens (tertiary/aromatic N) is 2. The van der Waals surface area contributed by atoms with Crippen molar-refractivity contribution < 1.29 is 14.3 Å². The van der Waals surface area contributed by atoms with Gasteiger partial charge in [-0.15, -0.1) is 0 Å². The van der Waals surface area contributed by atoms with Gasteiger partial charge < -0.3 is 19.2 Å². The number of esters is 1. The standard InChI is InChI=1S/C17H19N3O4/c1-24-17(23)14-3-2-8-20(14)13-6-9-19(10-7-13)16(22)12-4-5-15(21)18-11-12/h2-5,8,11,13H,6-7,9-10H2,1H3,(H,18,21). The van der Waals surface area contributed by atoms with Gasteiger partial charge in [0.25, 0.3) is 5.91 Å². The SMILES string of the molecule is COC(=O)c1cccn1C1CCN(C(=O)c2ccc(=O)[nH]c2)CC1. The molecule has 2 aromatic rings. The summed E-state index contributed by atoms with van der Waals surface area (Å²) in [7, 11) is 1.37. The average Bonchev–Trinajstić information content (AvgIpc) is 3.11. The largest absolute Gasteiger partial charge is 0.464 e. The van der Waals surface area contributed by atoms with Crippen molar-refractivity contribution in [1.29, 1.82) is 0 Å². The van der Waals surface area contributed by atoms with Crippen molar-refractivity contribution in [3.8, 4) is 0 Å². The molecular weight excluding hydrogens is 310 g/mol. The minimum Gasteiger partial charge on any atom is -0.464 e. The zero-order valence-electron chi connectivity index (χ0n) is 13.4. The first-order valence-electron chi connectivity index (χ1n) is 7.83. The molecule has 0 aliphatic carbocycles. The van der Waals surface area contributed by atoms with Crippen molar-refractivity contribution in [2.24, 2.45) is 0 Å². The third-order valence-electron chi connectivity index (χ3n) is 4.35. The van der Waals surface area contributed by atoms with Crippen molar-refractivity contribution in [1.82, 2.24) is 14.5 Å². The lowest BCUT2D eigenvalue weighted by molar-refractivity contribution is 0.0573. The Balaban J connectivity index is 1.67. The lowest BCUT2D eigenvalue weighted by atomic mass is 10.0. The van der Waals surface area contributed by atoms with Gasteiger partial charge in [-0.2, -0.15) is 0 Å². The molecule has 0 unspecified atom stereocenters. The second kappa shape index (κ2) is 6.74. The van der Waals surface area contributed by atoms with Gasteiger partial charge in [0.1, 0.15) is 5.69 Å². The molecule has 0 bridgehead atoms. The van der Waals surface area contributed by atoms with Gasteiger partial charge in [-0.25, -0.2) is 4.79 Å². The number of hydrogen-bond donors (Lipinski definition) is 1. The number of piperidine rings is 1. The summed E-state index contributed by atoms with van der Waals surface area (Å²) in [6.45, 7) is 1.20. The first-order valence-corrected chi connectivity index (χ1v) is 7.83. The third kappa shape index (κ3) is 3.10. The van der Waals surface area contributed by atoms with E-state index >= 15 is 0 Å². The van der Waals surface area contributed by atoms with Crippen LogP contribution in [0.5, 0.6) is 0 Å². The molecule has 0 radical (unpaired) electrons. The predicted molar refractivity (Wildman–Crippen MR) is 87.0 cm³/mol. The smallest absolute Gasteiger partial charge is 0.354 e. The molecule has 3 heterocycles. The number of H-pyrrole nitrogens is 1. The maximum atomic E-state index is 12.4. The molecule has 1 N–H and O–H groups in total. The first-order chi connectivity index (χ1) is 11.6. The normalized spacial score (nSPS) is 15.3. The van der Waals surface area contributed by atoms with E-state index in [1.807, 2.05) is 16.8 Å². The Labute approximate surface area is 138 Å². The van der Waals surface area contributed by atoms with Crippen LogP contribution in [-0.4, -0.2) is 46.5 Å². The van der Waals surface area contributed by atoms with Crippen molar-refractivity contribution in [2.45, 2.75) is 18.9 Å². The van der Waals surface area contributed by atoms with Crippen molar-refractivity contribution >= 4 is 11.9 Å². The number of methoxy groups -OCH3 is 1. The second-order valence-electron chi connectivity index (χ2n) is 5.76. The third-order valence-corrected chi connectivity index (χ3v) is 4.35. The zero-order chi connectivity index (χ0) is 17.1. The minimum atomic E-state index is -0.355. The number of hydrogen-bond acceptors (Lipinski definition) is 4. The van der Waals surface area contributed by atoms with Gasteiger partial charge in [0.15, 0.2) is 0 Å². The number of aromatic amines is 1. The maximum absolute atomic E-state index is 12.4. The lowest BCUT2D eigenvalue weighted by Crippen LogP contribution is -2.39. The summed E-state index contributed by atoms with van der Waals surface area (Å²) >= 11 is 0. The topological polar surface area (TPSA) is 84.4 Å². The Kier molecular flexibility index (Phi) is 4.50. The number of likely N-dealkylation sites (tertiary alicyclic amines) is 1. The summed E-state index contributed by atoms with van der Waals surface area (Å²) in [5.74, 6) is -0.447. The molecule has 24 heavy (non-hydrogen) atoms. The Morgan fingerprint density at radius 1 is 1.21 bits per heavy atom. The van der Waals surface area contributed by atoms with Crippen LogP contribution in [0.1, 0.15) is 39.7 Å². The number of pyridine rings is 1. The zero-order valence-corrected chi connectivity index (χ0v) is 13.4. The fourth-order valence-electron chi connectivity index (χ4n) is 3.06. The van der Waals surface area contributed by atoms with Gasteiger partial charge in [0.05, 0.1) is 12.7 Å². The summed E-state index contributed by atoms with van der Waals surface area (Å²) in [5.41, 5.74) is 0.778. The Morgan fingerprint density at radius 2 is 1.96 bits per heavy atom. The van der Waals surface area contributed by atoms with Crippen LogP contribution in [0.25, 0.3) is 0 Å². The number of amides is 1. The molecule has 0 saturated carbocycles. The van der Waals surface area contributed by atoms with E-state index in [0.717, 1.165) is 12.8 Å². The molecule has 1 amide bonds. The lowest BCUT2D eigenvalue weighted by Gasteiger charge is -2.33. The molecular formula is C17H19N3O4. The van der Waals surface area contributed by atoms with E-state index in [1.165, 1.54) is 25.4 Å². The fraction of sp³-hybridized carbons (Fsp3) is 0.353. The Hall–Kier alpha value is -2.83. The summed E-state index contributed by atoms with van der Waals surface area (Å²) < 4.78 is 6.72. The molecule has 126 valence electrons. The van der Waals surface area contributed by atoms with E-state index in [1.54, 1.807) is 11.0 Å². The number of ether oxygens (including phenoxy) is 1. The van der Waals surface area contributed by atoms with Crippen LogP contribution in [0.15, 0.2) is 41.5 Å². The molecule has 1 aliphatic rings. The summed E-state index contributed by atoms with van der Waals surface area (Å²) in [6.07, 6.45) is 4.83. The van der Waals surface area contributed by atoms with Crippen LogP contribution in [0.2, 0.25) is 0 Å². The van der Waals surface area contributed by atoms with E-state index in [0.29, 0.717) is 24.3 Å². The van der Waals surface area contributed by atoms with E-state index in [-0.39, 0.29) is 23.5 Å². The Morgan fingerprint density at radius 3 is 2.58 bits per heavy atom. The number of carbonyl (C=O) groups is 2. The molecule has 7 heteroatoms. The maximum Gasteiger partial charge on any atom is 0.354 e. The predicted octanol–water partition coefficient (Wildman–Crippen LogP) is 1.44. The molecule has 3 rings (SSSR count). The number of nitrogens with one attached hydrogen (secondary N) is 1. The highest BCUT2D eigenvalue weighted by Gasteiger charge is 2.26. The van der Waals surface area contributed by atoms with Crippen LogP contribution in [0, 0.1) is 0 Å². The van der Waals surface area contributed by atoms with E-state index < -0.39 is 0 Å². The van der Waals surface area contributed by atoms with Crippen LogP contribution < -0.4 is 5.56 Å². The van der Waals surface area contributed by atoms with Crippen LogP contribution in [-0.2, 0) is 4.74 Å². The van der Waals surface area contributed by atoms with Gasteiger partial charge in [0.2, 0.25) is 5.56 Å². The molecule has 2 aromatic heterocycles. The molecule has 1 saturated heterocycles. The summed E-state index contributed by atoms with van der Waals surface area (Å²) in [6, 6.07) is 6.61. The van der Waals surface area contributed by atoms with E-state index in [9.17, 15) is 14.4 Å². The molecule has 0 atom stereocenters. The summed E-state index contributed by atoms with van der Waals surface area (Å²) in [4.78, 5) is 39.6. The molecule has 1 fully saturated rings. The molecule has 7 nitrogen and oxygen atoms in total. The van der Waals surface area contributed by atoms with Gasteiger partial charge in [-0.05, 0) is 31.0 Å². The van der Waals surface area contributed by atoms with Gasteiger partial charge >= 0.3 is 5.97 Å². The van der Waals surface area contributed by atoms with Crippen molar-refractivity contribution in [2.75, 3.05) is 20.2 Å². The van der Waals surface area contributed by atoms with Gasteiger partial charge in [-0.3, -0.25) is 9.59 Å². The highest BCUT2D eigenvalue weighted by Crippen LogP contribution is 2.25. The number of rotatable bonds is 3. The fourth-order valence-corrected chi connectivity index (χ4v) is 3.06. The van der Waals surface area contributed by atoms with Gasteiger partial charge in [-0.1, -0.05) is 0 Å². The molecule has 1 aliphatic heterocycles. The quantitative estimate of drug-likeness (QED) is 0.864.